The summed E-state index contributed by atoms with van der Waals surface area (Å²) in [6.07, 6.45) is 6.39. The van der Waals surface area contributed by atoms with Gasteiger partial charge in [-0.15, -0.1) is 0 Å². The zero-order chi connectivity index (χ0) is 13.2. The smallest absolute Gasteiger partial charge is 0.0688 e. The van der Waals surface area contributed by atoms with Gasteiger partial charge in [0.05, 0.1) is 5.60 Å². The second-order valence-corrected chi connectivity index (χ2v) is 6.91. The van der Waals surface area contributed by atoms with E-state index in [9.17, 15) is 5.11 Å². The molecule has 0 radical (unpaired) electrons. The van der Waals surface area contributed by atoms with Gasteiger partial charge in [0.1, 0.15) is 0 Å². The third-order valence-electron chi connectivity index (χ3n) is 4.14. The quantitative estimate of drug-likeness (QED) is 0.828. The zero-order valence-electron chi connectivity index (χ0n) is 12.0. The Morgan fingerprint density at radius 2 is 1.56 bits per heavy atom. The molecule has 1 nitrogen and oxygen atoms in total. The summed E-state index contributed by atoms with van der Waals surface area (Å²) in [4.78, 5) is 0. The van der Waals surface area contributed by atoms with Gasteiger partial charge < -0.3 is 5.11 Å². The highest BCUT2D eigenvalue weighted by molar-refractivity contribution is 5.28. The van der Waals surface area contributed by atoms with E-state index in [1.165, 1.54) is 30.4 Å². The highest BCUT2D eigenvalue weighted by Crippen LogP contribution is 2.31. The number of rotatable bonds is 2. The second-order valence-electron chi connectivity index (χ2n) is 6.91. The molecule has 18 heavy (non-hydrogen) atoms. The molecule has 1 aliphatic carbocycles. The van der Waals surface area contributed by atoms with E-state index in [1.807, 2.05) is 0 Å². The Bertz CT molecular complexity index is 377. The molecule has 0 atom stereocenters. The van der Waals surface area contributed by atoms with E-state index >= 15 is 0 Å². The first-order chi connectivity index (χ1) is 8.39. The van der Waals surface area contributed by atoms with Crippen molar-refractivity contribution in [2.45, 2.75) is 70.3 Å². The fourth-order valence-electron chi connectivity index (χ4n) is 2.89. The topological polar surface area (TPSA) is 20.2 Å². The third-order valence-corrected chi connectivity index (χ3v) is 4.14. The van der Waals surface area contributed by atoms with Crippen molar-refractivity contribution < 1.29 is 5.11 Å². The fraction of sp³-hybridized carbons (Fsp3) is 0.647. The normalized spacial score (nSPS) is 19.8. The molecule has 0 heterocycles. The molecule has 1 aliphatic rings. The van der Waals surface area contributed by atoms with Gasteiger partial charge in [-0.3, -0.25) is 0 Å². The van der Waals surface area contributed by atoms with E-state index in [4.69, 9.17) is 0 Å². The van der Waals surface area contributed by atoms with Crippen molar-refractivity contribution in [1.29, 1.82) is 0 Å². The predicted molar refractivity (Wildman–Crippen MR) is 76.9 cm³/mol. The van der Waals surface area contributed by atoms with E-state index in [-0.39, 0.29) is 5.41 Å². The van der Waals surface area contributed by atoms with Gasteiger partial charge in [-0.2, -0.15) is 0 Å². The molecule has 0 aliphatic heterocycles. The molecule has 1 N–H and O–H groups in total. The Kier molecular flexibility index (Phi) is 3.82. The maximum atomic E-state index is 10.6. The molecule has 0 bridgehead atoms. The maximum Gasteiger partial charge on any atom is 0.0688 e. The summed E-state index contributed by atoms with van der Waals surface area (Å²) in [5.41, 5.74) is 2.40. The summed E-state index contributed by atoms with van der Waals surface area (Å²) < 4.78 is 0. The van der Waals surface area contributed by atoms with E-state index in [1.54, 1.807) is 0 Å². The lowest BCUT2D eigenvalue weighted by atomic mass is 9.80. The Hall–Kier alpha value is -0.820. The first kappa shape index (κ1) is 13.6. The lowest BCUT2D eigenvalue weighted by molar-refractivity contribution is 0.00449. The van der Waals surface area contributed by atoms with Gasteiger partial charge in [-0.1, -0.05) is 64.3 Å². The summed E-state index contributed by atoms with van der Waals surface area (Å²) in [5, 5.41) is 10.6. The third kappa shape index (κ3) is 3.35. The molecular weight excluding hydrogens is 220 g/mol. The molecule has 100 valence electrons. The Labute approximate surface area is 111 Å². The molecule has 0 amide bonds. The minimum atomic E-state index is -0.443. The van der Waals surface area contributed by atoms with Crippen LogP contribution in [-0.2, 0) is 11.8 Å². The van der Waals surface area contributed by atoms with Gasteiger partial charge in [-0.25, -0.2) is 0 Å². The monoisotopic (exact) mass is 246 g/mol. The van der Waals surface area contributed by atoms with Crippen LogP contribution in [0.2, 0.25) is 0 Å². The number of hydrogen-bond acceptors (Lipinski definition) is 1. The molecule has 1 aromatic rings. The lowest BCUT2D eigenvalue weighted by Crippen LogP contribution is -2.33. The molecule has 1 fully saturated rings. The summed E-state index contributed by atoms with van der Waals surface area (Å²) in [6.45, 7) is 6.70. The average molecular weight is 246 g/mol. The summed E-state index contributed by atoms with van der Waals surface area (Å²) in [5.74, 6) is 0. The minimum absolute atomic E-state index is 0.209. The van der Waals surface area contributed by atoms with Gasteiger partial charge in [0.15, 0.2) is 0 Å². The van der Waals surface area contributed by atoms with E-state index in [0.29, 0.717) is 0 Å². The van der Waals surface area contributed by atoms with Crippen LogP contribution in [-0.4, -0.2) is 10.7 Å². The predicted octanol–water partition coefficient (Wildman–Crippen LogP) is 4.22. The summed E-state index contributed by atoms with van der Waals surface area (Å²) in [6, 6.07) is 8.79. The molecule has 1 saturated carbocycles. The van der Waals surface area contributed by atoms with E-state index < -0.39 is 5.60 Å². The van der Waals surface area contributed by atoms with Gasteiger partial charge in [0.25, 0.3) is 0 Å². The Balaban J connectivity index is 2.06. The Morgan fingerprint density at radius 3 is 2.06 bits per heavy atom. The standard InChI is InChI=1S/C17H26O/c1-16(2,3)15-9-7-14(8-10-15)13-17(18)11-5-4-6-12-17/h7-10,18H,4-6,11-13H2,1-3H3. The highest BCUT2D eigenvalue weighted by Gasteiger charge is 2.29. The Morgan fingerprint density at radius 1 is 1.00 bits per heavy atom. The largest absolute Gasteiger partial charge is 0.390 e. The maximum absolute atomic E-state index is 10.6. The molecule has 2 rings (SSSR count). The first-order valence-electron chi connectivity index (χ1n) is 7.21. The molecular formula is C17H26O. The lowest BCUT2D eigenvalue weighted by Gasteiger charge is -2.32. The van der Waals surface area contributed by atoms with Gasteiger partial charge >= 0.3 is 0 Å². The van der Waals surface area contributed by atoms with Gasteiger partial charge in [0.2, 0.25) is 0 Å². The van der Waals surface area contributed by atoms with E-state index in [2.05, 4.69) is 45.0 Å². The van der Waals surface area contributed by atoms with Crippen LogP contribution in [0.1, 0.15) is 64.0 Å². The van der Waals surface area contributed by atoms with Crippen molar-refractivity contribution in [1.82, 2.24) is 0 Å². The molecule has 0 aromatic heterocycles. The molecule has 1 heteroatoms. The molecule has 0 spiro atoms. The van der Waals surface area contributed by atoms with Crippen LogP contribution < -0.4 is 0 Å². The van der Waals surface area contributed by atoms with Crippen molar-refractivity contribution in [2.24, 2.45) is 0 Å². The van der Waals surface area contributed by atoms with Crippen molar-refractivity contribution in [3.63, 3.8) is 0 Å². The van der Waals surface area contributed by atoms with Crippen molar-refractivity contribution in [3.05, 3.63) is 35.4 Å². The minimum Gasteiger partial charge on any atom is -0.390 e. The number of hydrogen-bond donors (Lipinski definition) is 1. The number of benzene rings is 1. The first-order valence-corrected chi connectivity index (χ1v) is 7.21. The van der Waals surface area contributed by atoms with Crippen LogP contribution in [0.3, 0.4) is 0 Å². The molecule has 1 aromatic carbocycles. The van der Waals surface area contributed by atoms with Gasteiger partial charge in [0, 0.05) is 6.42 Å². The van der Waals surface area contributed by atoms with Crippen LogP contribution in [0.5, 0.6) is 0 Å². The zero-order valence-corrected chi connectivity index (χ0v) is 12.0. The van der Waals surface area contributed by atoms with Crippen molar-refractivity contribution in [3.8, 4) is 0 Å². The van der Waals surface area contributed by atoms with E-state index in [0.717, 1.165) is 19.3 Å². The van der Waals surface area contributed by atoms with Crippen LogP contribution in [0.15, 0.2) is 24.3 Å². The highest BCUT2D eigenvalue weighted by atomic mass is 16.3. The van der Waals surface area contributed by atoms with Crippen LogP contribution >= 0.6 is 0 Å². The average Bonchev–Trinajstić information content (AvgIpc) is 2.29. The summed E-state index contributed by atoms with van der Waals surface area (Å²) in [7, 11) is 0. The van der Waals surface area contributed by atoms with Crippen molar-refractivity contribution >= 4 is 0 Å². The van der Waals surface area contributed by atoms with Crippen molar-refractivity contribution in [2.75, 3.05) is 0 Å². The van der Waals surface area contributed by atoms with Crippen LogP contribution in [0.25, 0.3) is 0 Å². The van der Waals surface area contributed by atoms with Gasteiger partial charge in [-0.05, 0) is 29.4 Å². The second kappa shape index (κ2) is 5.05. The SMILES string of the molecule is CC(C)(C)c1ccc(CC2(O)CCCCC2)cc1. The molecule has 0 unspecified atom stereocenters. The van der Waals surface area contributed by atoms with Crippen LogP contribution in [0, 0.1) is 0 Å². The molecule has 0 saturated heterocycles. The number of aliphatic hydroxyl groups is 1. The van der Waals surface area contributed by atoms with Crippen LogP contribution in [0.4, 0.5) is 0 Å². The summed E-state index contributed by atoms with van der Waals surface area (Å²) >= 11 is 0. The fourth-order valence-corrected chi connectivity index (χ4v) is 2.89.